The van der Waals surface area contributed by atoms with Gasteiger partial charge in [0.05, 0.1) is 0 Å². The van der Waals surface area contributed by atoms with Gasteiger partial charge in [-0.3, -0.25) is 4.79 Å². The first-order chi connectivity index (χ1) is 8.06. The number of hydrogen-bond acceptors (Lipinski definition) is 3. The summed E-state index contributed by atoms with van der Waals surface area (Å²) in [6.45, 7) is 3.47. The second kappa shape index (κ2) is 4.37. The van der Waals surface area contributed by atoms with Crippen LogP contribution < -0.4 is 5.32 Å². The van der Waals surface area contributed by atoms with Gasteiger partial charge in [0.15, 0.2) is 5.69 Å². The first kappa shape index (κ1) is 11.3. The third-order valence-electron chi connectivity index (χ3n) is 2.31. The van der Waals surface area contributed by atoms with Crippen LogP contribution in [0.15, 0.2) is 28.8 Å². The number of rotatable bonds is 2. The van der Waals surface area contributed by atoms with Crippen molar-refractivity contribution in [3.8, 4) is 0 Å². The number of nitrogens with one attached hydrogen (secondary N) is 1. The van der Waals surface area contributed by atoms with E-state index < -0.39 is 11.7 Å². The van der Waals surface area contributed by atoms with Crippen LogP contribution in [0.5, 0.6) is 0 Å². The summed E-state index contributed by atoms with van der Waals surface area (Å²) in [5.74, 6) is -0.274. The number of benzene rings is 1. The number of anilines is 1. The van der Waals surface area contributed by atoms with E-state index in [1.165, 1.54) is 18.2 Å². The number of aryl methyl sites for hydroxylation is 2. The van der Waals surface area contributed by atoms with Crippen molar-refractivity contribution in [2.75, 3.05) is 5.32 Å². The molecule has 0 bridgehead atoms. The van der Waals surface area contributed by atoms with Crippen molar-refractivity contribution in [1.82, 2.24) is 5.16 Å². The SMILES string of the molecule is Cc1cc(C(=O)Nc2cc(F)ccc2C)no1. The quantitative estimate of drug-likeness (QED) is 0.869. The summed E-state index contributed by atoms with van der Waals surface area (Å²) >= 11 is 0. The van der Waals surface area contributed by atoms with Gasteiger partial charge in [-0.2, -0.15) is 0 Å². The van der Waals surface area contributed by atoms with Crippen LogP contribution in [-0.4, -0.2) is 11.1 Å². The number of nitrogens with zero attached hydrogens (tertiary/aromatic N) is 1. The van der Waals surface area contributed by atoms with E-state index in [1.54, 1.807) is 19.9 Å². The zero-order chi connectivity index (χ0) is 12.4. The predicted octanol–water partition coefficient (Wildman–Crippen LogP) is 2.68. The molecule has 0 saturated heterocycles. The van der Waals surface area contributed by atoms with Crippen molar-refractivity contribution < 1.29 is 13.7 Å². The summed E-state index contributed by atoms with van der Waals surface area (Å²) in [4.78, 5) is 11.7. The molecule has 0 atom stereocenters. The Morgan fingerprint density at radius 3 is 2.76 bits per heavy atom. The molecule has 0 radical (unpaired) electrons. The van der Waals surface area contributed by atoms with Crippen LogP contribution in [0.1, 0.15) is 21.8 Å². The molecule has 0 aliphatic heterocycles. The largest absolute Gasteiger partial charge is 0.361 e. The zero-order valence-corrected chi connectivity index (χ0v) is 9.45. The maximum absolute atomic E-state index is 13.0. The van der Waals surface area contributed by atoms with Gasteiger partial charge in [-0.05, 0) is 31.5 Å². The number of carbonyl (C=O) groups is 1. The highest BCUT2D eigenvalue weighted by Crippen LogP contribution is 2.17. The van der Waals surface area contributed by atoms with Crippen LogP contribution in [0.25, 0.3) is 0 Å². The molecule has 0 unspecified atom stereocenters. The highest BCUT2D eigenvalue weighted by molar-refractivity contribution is 6.03. The molecule has 1 aromatic carbocycles. The smallest absolute Gasteiger partial charge is 0.277 e. The molecular weight excluding hydrogens is 223 g/mol. The van der Waals surface area contributed by atoms with E-state index in [2.05, 4.69) is 10.5 Å². The van der Waals surface area contributed by atoms with Gasteiger partial charge in [0.25, 0.3) is 5.91 Å². The van der Waals surface area contributed by atoms with E-state index in [1.807, 2.05) is 0 Å². The maximum Gasteiger partial charge on any atom is 0.277 e. The van der Waals surface area contributed by atoms with Gasteiger partial charge < -0.3 is 9.84 Å². The zero-order valence-electron chi connectivity index (χ0n) is 9.45. The minimum atomic E-state index is -0.421. The molecule has 1 amide bonds. The van der Waals surface area contributed by atoms with Gasteiger partial charge in [0, 0.05) is 11.8 Å². The lowest BCUT2D eigenvalue weighted by atomic mass is 10.2. The van der Waals surface area contributed by atoms with Gasteiger partial charge >= 0.3 is 0 Å². The maximum atomic E-state index is 13.0. The fourth-order valence-electron chi connectivity index (χ4n) is 1.39. The number of carbonyl (C=O) groups excluding carboxylic acids is 1. The average Bonchev–Trinajstić information content (AvgIpc) is 2.70. The molecule has 1 heterocycles. The van der Waals surface area contributed by atoms with E-state index in [0.29, 0.717) is 11.4 Å². The molecule has 88 valence electrons. The van der Waals surface area contributed by atoms with E-state index in [4.69, 9.17) is 4.52 Å². The molecule has 1 N–H and O–H groups in total. The molecule has 0 saturated carbocycles. The van der Waals surface area contributed by atoms with Crippen LogP contribution in [0.4, 0.5) is 10.1 Å². The standard InChI is InChI=1S/C12H11FN2O2/c1-7-3-4-9(13)6-10(7)14-12(16)11-5-8(2)17-15-11/h3-6H,1-2H3,(H,14,16). The van der Waals surface area contributed by atoms with Crippen molar-refractivity contribution in [3.05, 3.63) is 47.1 Å². The summed E-state index contributed by atoms with van der Waals surface area (Å²) in [6, 6.07) is 5.72. The first-order valence-corrected chi connectivity index (χ1v) is 5.07. The minimum absolute atomic E-state index is 0.172. The van der Waals surface area contributed by atoms with Gasteiger partial charge in [-0.25, -0.2) is 4.39 Å². The number of halogens is 1. The Hall–Kier alpha value is -2.17. The van der Waals surface area contributed by atoms with Gasteiger partial charge in [0.1, 0.15) is 11.6 Å². The lowest BCUT2D eigenvalue weighted by Gasteiger charge is -2.06. The molecule has 4 nitrogen and oxygen atoms in total. The summed E-state index contributed by atoms with van der Waals surface area (Å²) in [5, 5.41) is 6.16. The second-order valence-electron chi connectivity index (χ2n) is 3.74. The van der Waals surface area contributed by atoms with Crippen molar-refractivity contribution in [2.24, 2.45) is 0 Å². The van der Waals surface area contributed by atoms with E-state index in [0.717, 1.165) is 5.56 Å². The molecule has 2 aromatic rings. The minimum Gasteiger partial charge on any atom is -0.361 e. The Bertz CT molecular complexity index is 563. The lowest BCUT2D eigenvalue weighted by molar-refractivity contribution is 0.101. The van der Waals surface area contributed by atoms with Gasteiger partial charge in [-0.1, -0.05) is 11.2 Å². The molecular formula is C12H11FN2O2. The average molecular weight is 234 g/mol. The van der Waals surface area contributed by atoms with Crippen LogP contribution in [-0.2, 0) is 0 Å². The molecule has 1 aromatic heterocycles. The van der Waals surface area contributed by atoms with Crippen LogP contribution >= 0.6 is 0 Å². The van der Waals surface area contributed by atoms with Crippen LogP contribution in [0.2, 0.25) is 0 Å². The fraction of sp³-hybridized carbons (Fsp3) is 0.167. The summed E-state index contributed by atoms with van der Waals surface area (Å²) in [5.41, 5.74) is 1.38. The van der Waals surface area contributed by atoms with E-state index in [-0.39, 0.29) is 5.69 Å². The number of amides is 1. The van der Waals surface area contributed by atoms with Gasteiger partial charge in [0.2, 0.25) is 0 Å². The fourth-order valence-corrected chi connectivity index (χ4v) is 1.39. The van der Waals surface area contributed by atoms with Crippen molar-refractivity contribution in [1.29, 1.82) is 0 Å². The van der Waals surface area contributed by atoms with Crippen molar-refractivity contribution in [3.63, 3.8) is 0 Å². The third-order valence-corrected chi connectivity index (χ3v) is 2.31. The number of hydrogen-bond donors (Lipinski definition) is 1. The Kier molecular flexibility index (Phi) is 2.91. The monoisotopic (exact) mass is 234 g/mol. The van der Waals surface area contributed by atoms with Crippen molar-refractivity contribution in [2.45, 2.75) is 13.8 Å². The molecule has 5 heteroatoms. The van der Waals surface area contributed by atoms with E-state index in [9.17, 15) is 9.18 Å². The molecule has 0 spiro atoms. The lowest BCUT2D eigenvalue weighted by Crippen LogP contribution is -2.13. The third kappa shape index (κ3) is 2.50. The Morgan fingerprint density at radius 1 is 1.35 bits per heavy atom. The topological polar surface area (TPSA) is 55.1 Å². The molecule has 2 rings (SSSR count). The Morgan fingerprint density at radius 2 is 2.12 bits per heavy atom. The highest BCUT2D eigenvalue weighted by atomic mass is 19.1. The summed E-state index contributed by atoms with van der Waals surface area (Å²) in [6.07, 6.45) is 0. The van der Waals surface area contributed by atoms with Gasteiger partial charge in [-0.15, -0.1) is 0 Å². The Balaban J connectivity index is 2.21. The first-order valence-electron chi connectivity index (χ1n) is 5.07. The van der Waals surface area contributed by atoms with E-state index >= 15 is 0 Å². The Labute approximate surface area is 97.4 Å². The molecule has 17 heavy (non-hydrogen) atoms. The number of aromatic nitrogens is 1. The molecule has 0 aliphatic rings. The summed E-state index contributed by atoms with van der Waals surface area (Å²) < 4.78 is 17.8. The van der Waals surface area contributed by atoms with Crippen LogP contribution in [0.3, 0.4) is 0 Å². The molecule has 0 fully saturated rings. The normalized spacial score (nSPS) is 10.3. The summed E-state index contributed by atoms with van der Waals surface area (Å²) in [7, 11) is 0. The highest BCUT2D eigenvalue weighted by Gasteiger charge is 2.12. The predicted molar refractivity (Wildman–Crippen MR) is 60.3 cm³/mol. The van der Waals surface area contributed by atoms with Crippen LogP contribution in [0, 0.1) is 19.7 Å². The second-order valence-corrected chi connectivity index (χ2v) is 3.74. The molecule has 0 aliphatic carbocycles. The van der Waals surface area contributed by atoms with Crippen molar-refractivity contribution >= 4 is 11.6 Å².